The van der Waals surface area contributed by atoms with Crippen LogP contribution in [0.25, 0.3) is 0 Å². The van der Waals surface area contributed by atoms with Gasteiger partial charge in [-0.05, 0) is 35.9 Å². The number of rotatable bonds is 5. The summed E-state index contributed by atoms with van der Waals surface area (Å²) < 4.78 is 39.1. The van der Waals surface area contributed by atoms with Crippen LogP contribution in [0, 0.1) is 0 Å². The van der Waals surface area contributed by atoms with Crippen molar-refractivity contribution in [1.29, 1.82) is 0 Å². The van der Waals surface area contributed by atoms with Gasteiger partial charge in [-0.2, -0.15) is 13.2 Å². The number of nitrogens with two attached hydrogens (primary N) is 1. The first-order valence-electron chi connectivity index (χ1n) is 7.28. The molecule has 0 saturated heterocycles. The quantitative estimate of drug-likeness (QED) is 0.659. The highest BCUT2D eigenvalue weighted by Gasteiger charge is 2.30. The first-order valence-corrected chi connectivity index (χ1v) is 8.87. The van der Waals surface area contributed by atoms with Crippen molar-refractivity contribution in [1.82, 2.24) is 5.32 Å². The largest absolute Gasteiger partial charge is 0.416 e. The maximum absolute atomic E-state index is 12.6. The van der Waals surface area contributed by atoms with Crippen molar-refractivity contribution < 1.29 is 22.8 Å². The number of hydrogen-bond donors (Lipinski definition) is 2. The highest BCUT2D eigenvalue weighted by Crippen LogP contribution is 2.29. The molecule has 4 nitrogen and oxygen atoms in total. The number of carbonyl (C=O) groups is 2. The van der Waals surface area contributed by atoms with E-state index in [0.717, 1.165) is 12.1 Å². The fourth-order valence-corrected chi connectivity index (χ4v) is 3.51. The maximum Gasteiger partial charge on any atom is 0.416 e. The first-order chi connectivity index (χ1) is 12.1. The van der Waals surface area contributed by atoms with Crippen molar-refractivity contribution in [2.45, 2.75) is 18.6 Å². The average Bonchev–Trinajstić information content (AvgIpc) is 2.52. The van der Waals surface area contributed by atoms with Gasteiger partial charge >= 0.3 is 6.18 Å². The molecule has 0 spiro atoms. The summed E-state index contributed by atoms with van der Waals surface area (Å²) in [6.07, 6.45) is -4.46. The molecule has 1 atom stereocenters. The second-order valence-corrected chi connectivity index (χ2v) is 7.32. The van der Waals surface area contributed by atoms with Gasteiger partial charge in [-0.1, -0.05) is 44.0 Å². The molecule has 0 unspecified atom stereocenters. The van der Waals surface area contributed by atoms with E-state index in [4.69, 9.17) is 5.73 Å². The predicted molar refractivity (Wildman–Crippen MR) is 97.4 cm³/mol. The van der Waals surface area contributed by atoms with Crippen LogP contribution >= 0.6 is 31.9 Å². The van der Waals surface area contributed by atoms with Crippen molar-refractivity contribution in [3.05, 3.63) is 68.1 Å². The Balaban J connectivity index is 2.14. The minimum absolute atomic E-state index is 0.0195. The van der Waals surface area contributed by atoms with E-state index in [2.05, 4.69) is 37.2 Å². The molecule has 3 N–H and O–H groups in total. The maximum atomic E-state index is 12.6. The zero-order chi connectivity index (χ0) is 19.5. The summed E-state index contributed by atoms with van der Waals surface area (Å²) in [5.41, 5.74) is 5.26. The summed E-state index contributed by atoms with van der Waals surface area (Å²) in [4.78, 5) is 24.0. The molecule has 2 amide bonds. The Kier molecular flexibility index (Phi) is 6.46. The molecule has 0 fully saturated rings. The Bertz CT molecular complexity index is 803. The molecule has 0 bridgehead atoms. The van der Waals surface area contributed by atoms with Crippen LogP contribution in [-0.2, 0) is 17.4 Å². The van der Waals surface area contributed by atoms with Crippen LogP contribution < -0.4 is 11.1 Å². The van der Waals surface area contributed by atoms with E-state index < -0.39 is 29.6 Å². The molecule has 0 aliphatic rings. The number of alkyl halides is 3. The van der Waals surface area contributed by atoms with E-state index in [-0.39, 0.29) is 6.42 Å². The summed E-state index contributed by atoms with van der Waals surface area (Å²) in [5, 5.41) is 2.50. The van der Waals surface area contributed by atoms with Crippen LogP contribution in [0.2, 0.25) is 0 Å². The molecule has 0 heterocycles. The Labute approximate surface area is 164 Å². The third-order valence-electron chi connectivity index (χ3n) is 3.49. The molecular formula is C17H13Br2F3N2O2. The van der Waals surface area contributed by atoms with Crippen molar-refractivity contribution in [2.24, 2.45) is 5.73 Å². The zero-order valence-corrected chi connectivity index (χ0v) is 16.3. The number of hydrogen-bond acceptors (Lipinski definition) is 2. The van der Waals surface area contributed by atoms with E-state index >= 15 is 0 Å². The molecular weight excluding hydrogens is 481 g/mol. The summed E-state index contributed by atoms with van der Waals surface area (Å²) in [5.74, 6) is -1.31. The van der Waals surface area contributed by atoms with Crippen molar-refractivity contribution in [3.63, 3.8) is 0 Å². The predicted octanol–water partition coefficient (Wildman–Crippen LogP) is 4.06. The van der Waals surface area contributed by atoms with Crippen LogP contribution in [0.5, 0.6) is 0 Å². The zero-order valence-electron chi connectivity index (χ0n) is 13.1. The van der Waals surface area contributed by atoms with Gasteiger partial charge in [0.2, 0.25) is 5.91 Å². The standard InChI is InChI=1S/C17H13Br2F3N2O2/c18-12-6-10(7-13(19)8-12)16(26)24-14(15(23)25)5-9-1-3-11(4-2-9)17(20,21)22/h1-4,6-8,14H,5H2,(H2,23,25)(H,24,26)/t14-/m0/s1. The lowest BCUT2D eigenvalue weighted by Crippen LogP contribution is -2.45. The molecule has 26 heavy (non-hydrogen) atoms. The molecule has 0 radical (unpaired) electrons. The van der Waals surface area contributed by atoms with Gasteiger partial charge in [0.05, 0.1) is 5.56 Å². The van der Waals surface area contributed by atoms with Gasteiger partial charge in [-0.15, -0.1) is 0 Å². The van der Waals surface area contributed by atoms with E-state index in [9.17, 15) is 22.8 Å². The Morgan fingerprint density at radius 3 is 2.04 bits per heavy atom. The molecule has 0 saturated carbocycles. The third kappa shape index (κ3) is 5.57. The van der Waals surface area contributed by atoms with Gasteiger partial charge in [0, 0.05) is 20.9 Å². The van der Waals surface area contributed by atoms with E-state index in [1.165, 1.54) is 12.1 Å². The number of carbonyl (C=O) groups excluding carboxylic acids is 2. The van der Waals surface area contributed by atoms with E-state index in [1.807, 2.05) is 0 Å². The fourth-order valence-electron chi connectivity index (χ4n) is 2.21. The van der Waals surface area contributed by atoms with Gasteiger partial charge in [-0.3, -0.25) is 9.59 Å². The molecule has 0 aliphatic heterocycles. The monoisotopic (exact) mass is 492 g/mol. The highest BCUT2D eigenvalue weighted by atomic mass is 79.9. The molecule has 0 aliphatic carbocycles. The van der Waals surface area contributed by atoms with Crippen LogP contribution in [0.15, 0.2) is 51.4 Å². The van der Waals surface area contributed by atoms with Crippen LogP contribution in [-0.4, -0.2) is 17.9 Å². The molecule has 2 aromatic rings. The smallest absolute Gasteiger partial charge is 0.368 e. The minimum Gasteiger partial charge on any atom is -0.368 e. The van der Waals surface area contributed by atoms with Gasteiger partial charge in [-0.25, -0.2) is 0 Å². The Morgan fingerprint density at radius 1 is 1.04 bits per heavy atom. The number of primary amides is 1. The normalized spacial score (nSPS) is 12.5. The number of benzene rings is 2. The lowest BCUT2D eigenvalue weighted by atomic mass is 10.0. The van der Waals surface area contributed by atoms with Crippen LogP contribution in [0.3, 0.4) is 0 Å². The molecule has 2 aromatic carbocycles. The number of halogens is 5. The summed E-state index contributed by atoms with van der Waals surface area (Å²) in [6, 6.07) is 8.15. The third-order valence-corrected chi connectivity index (χ3v) is 4.41. The second kappa shape index (κ2) is 8.22. The van der Waals surface area contributed by atoms with E-state index in [0.29, 0.717) is 20.1 Å². The van der Waals surface area contributed by atoms with Gasteiger partial charge in [0.1, 0.15) is 6.04 Å². The molecule has 0 aromatic heterocycles. The SMILES string of the molecule is NC(=O)[C@H](Cc1ccc(C(F)(F)F)cc1)NC(=O)c1cc(Br)cc(Br)c1. The summed E-state index contributed by atoms with van der Waals surface area (Å²) >= 11 is 6.52. The molecule has 138 valence electrons. The van der Waals surface area contributed by atoms with Crippen molar-refractivity contribution >= 4 is 43.7 Å². The fraction of sp³-hybridized carbons (Fsp3) is 0.176. The topological polar surface area (TPSA) is 72.2 Å². The van der Waals surface area contributed by atoms with Gasteiger partial charge in [0.25, 0.3) is 5.91 Å². The van der Waals surface area contributed by atoms with Crippen molar-refractivity contribution in [2.75, 3.05) is 0 Å². The average molecular weight is 494 g/mol. The second-order valence-electron chi connectivity index (χ2n) is 5.49. The number of nitrogens with one attached hydrogen (secondary N) is 1. The lowest BCUT2D eigenvalue weighted by molar-refractivity contribution is -0.137. The van der Waals surface area contributed by atoms with Gasteiger partial charge in [0.15, 0.2) is 0 Å². The van der Waals surface area contributed by atoms with Gasteiger partial charge < -0.3 is 11.1 Å². The summed E-state index contributed by atoms with van der Waals surface area (Å²) in [6.45, 7) is 0. The molecule has 9 heteroatoms. The van der Waals surface area contributed by atoms with Crippen LogP contribution in [0.1, 0.15) is 21.5 Å². The first kappa shape index (κ1) is 20.4. The lowest BCUT2D eigenvalue weighted by Gasteiger charge is -2.16. The summed E-state index contributed by atoms with van der Waals surface area (Å²) in [7, 11) is 0. The van der Waals surface area contributed by atoms with E-state index in [1.54, 1.807) is 18.2 Å². The van der Waals surface area contributed by atoms with Crippen LogP contribution in [0.4, 0.5) is 13.2 Å². The number of amides is 2. The molecule has 2 rings (SSSR count). The minimum atomic E-state index is -4.44. The Morgan fingerprint density at radius 2 is 1.58 bits per heavy atom. The van der Waals surface area contributed by atoms with Crippen molar-refractivity contribution in [3.8, 4) is 0 Å². The highest BCUT2D eigenvalue weighted by molar-refractivity contribution is 9.11. The Hall–Kier alpha value is -1.87.